The SMILES string of the molecule is Cc1cc(CCC#N)cc(Cl)c1Cl. The quantitative estimate of drug-likeness (QED) is 0.735. The molecule has 0 aliphatic rings. The average molecular weight is 214 g/mol. The van der Waals surface area contributed by atoms with Crippen LogP contribution in [0.1, 0.15) is 17.5 Å². The number of benzene rings is 1. The standard InChI is InChI=1S/C10H9Cl2N/c1-7-5-8(3-2-4-13)6-9(11)10(7)12/h5-6H,2-3H2,1H3. The molecule has 0 saturated carbocycles. The highest BCUT2D eigenvalue weighted by Gasteiger charge is 2.03. The summed E-state index contributed by atoms with van der Waals surface area (Å²) in [6, 6.07) is 5.87. The van der Waals surface area contributed by atoms with Gasteiger partial charge in [-0.05, 0) is 30.5 Å². The molecule has 1 aromatic rings. The molecule has 0 aliphatic heterocycles. The summed E-state index contributed by atoms with van der Waals surface area (Å²) in [5.41, 5.74) is 2.02. The van der Waals surface area contributed by atoms with Gasteiger partial charge in [0, 0.05) is 6.42 Å². The molecule has 0 unspecified atom stereocenters. The maximum absolute atomic E-state index is 8.41. The molecule has 0 amide bonds. The van der Waals surface area contributed by atoms with E-state index in [1.54, 1.807) is 0 Å². The molecule has 68 valence electrons. The van der Waals surface area contributed by atoms with E-state index in [1.165, 1.54) is 0 Å². The van der Waals surface area contributed by atoms with Crippen molar-refractivity contribution in [3.05, 3.63) is 33.3 Å². The Morgan fingerprint density at radius 3 is 2.62 bits per heavy atom. The van der Waals surface area contributed by atoms with Crippen molar-refractivity contribution in [2.45, 2.75) is 19.8 Å². The van der Waals surface area contributed by atoms with Crippen molar-refractivity contribution in [3.63, 3.8) is 0 Å². The summed E-state index contributed by atoms with van der Waals surface area (Å²) >= 11 is 11.8. The van der Waals surface area contributed by atoms with Crippen molar-refractivity contribution in [2.75, 3.05) is 0 Å². The molecule has 0 radical (unpaired) electrons. The number of hydrogen-bond acceptors (Lipinski definition) is 1. The predicted molar refractivity (Wildman–Crippen MR) is 55.1 cm³/mol. The van der Waals surface area contributed by atoms with Crippen LogP contribution in [-0.4, -0.2) is 0 Å². The Bertz CT molecular complexity index is 329. The molecule has 0 saturated heterocycles. The molecule has 0 heterocycles. The van der Waals surface area contributed by atoms with Crippen molar-refractivity contribution >= 4 is 23.2 Å². The highest BCUT2D eigenvalue weighted by Crippen LogP contribution is 2.27. The maximum Gasteiger partial charge on any atom is 0.0625 e. The van der Waals surface area contributed by atoms with Crippen molar-refractivity contribution in [2.24, 2.45) is 0 Å². The fourth-order valence-electron chi connectivity index (χ4n) is 1.14. The van der Waals surface area contributed by atoms with Crippen molar-refractivity contribution < 1.29 is 0 Å². The van der Waals surface area contributed by atoms with Crippen LogP contribution in [0.25, 0.3) is 0 Å². The Morgan fingerprint density at radius 1 is 1.38 bits per heavy atom. The molecule has 13 heavy (non-hydrogen) atoms. The summed E-state index contributed by atoms with van der Waals surface area (Å²) in [5.74, 6) is 0. The molecule has 1 rings (SSSR count). The summed E-state index contributed by atoms with van der Waals surface area (Å²) in [4.78, 5) is 0. The highest BCUT2D eigenvalue weighted by atomic mass is 35.5. The second-order valence-corrected chi connectivity index (χ2v) is 3.65. The topological polar surface area (TPSA) is 23.8 Å². The summed E-state index contributed by atoms with van der Waals surface area (Å²) < 4.78 is 0. The Kier molecular flexibility index (Phi) is 3.59. The van der Waals surface area contributed by atoms with E-state index < -0.39 is 0 Å². The van der Waals surface area contributed by atoms with E-state index in [0.717, 1.165) is 17.5 Å². The van der Waals surface area contributed by atoms with E-state index in [2.05, 4.69) is 6.07 Å². The first-order valence-corrected chi connectivity index (χ1v) is 4.72. The van der Waals surface area contributed by atoms with Crippen LogP contribution in [0, 0.1) is 18.3 Å². The molecule has 0 N–H and O–H groups in total. The Balaban J connectivity index is 2.94. The molecule has 0 atom stereocenters. The fraction of sp³-hybridized carbons (Fsp3) is 0.300. The van der Waals surface area contributed by atoms with Gasteiger partial charge in [0.1, 0.15) is 0 Å². The first-order valence-electron chi connectivity index (χ1n) is 3.96. The first-order chi connectivity index (χ1) is 6.15. The van der Waals surface area contributed by atoms with Crippen LogP contribution in [0.5, 0.6) is 0 Å². The minimum absolute atomic E-state index is 0.511. The predicted octanol–water partition coefficient (Wildman–Crippen LogP) is 3.76. The highest BCUT2D eigenvalue weighted by molar-refractivity contribution is 6.42. The van der Waals surface area contributed by atoms with Crippen LogP contribution in [-0.2, 0) is 6.42 Å². The number of hydrogen-bond donors (Lipinski definition) is 0. The van der Waals surface area contributed by atoms with Crippen molar-refractivity contribution in [3.8, 4) is 6.07 Å². The van der Waals surface area contributed by atoms with Gasteiger partial charge < -0.3 is 0 Å². The summed E-state index contributed by atoms with van der Waals surface area (Å²) in [6.07, 6.45) is 1.24. The van der Waals surface area contributed by atoms with Crippen LogP contribution in [0.4, 0.5) is 0 Å². The number of aryl methyl sites for hydroxylation is 2. The van der Waals surface area contributed by atoms with Crippen LogP contribution in [0.15, 0.2) is 12.1 Å². The average Bonchev–Trinajstić information content (AvgIpc) is 2.10. The van der Waals surface area contributed by atoms with Gasteiger partial charge in [0.05, 0.1) is 16.1 Å². The second kappa shape index (κ2) is 4.50. The molecule has 0 bridgehead atoms. The van der Waals surface area contributed by atoms with Crippen LogP contribution < -0.4 is 0 Å². The molecule has 0 aliphatic carbocycles. The summed E-state index contributed by atoms with van der Waals surface area (Å²) in [5, 5.41) is 9.58. The summed E-state index contributed by atoms with van der Waals surface area (Å²) in [7, 11) is 0. The zero-order valence-electron chi connectivity index (χ0n) is 7.27. The van der Waals surface area contributed by atoms with Gasteiger partial charge in [0.25, 0.3) is 0 Å². The van der Waals surface area contributed by atoms with E-state index in [-0.39, 0.29) is 0 Å². The fourth-order valence-corrected chi connectivity index (χ4v) is 1.54. The smallest absolute Gasteiger partial charge is 0.0625 e. The van der Waals surface area contributed by atoms with Crippen LogP contribution in [0.3, 0.4) is 0 Å². The van der Waals surface area contributed by atoms with Gasteiger partial charge in [-0.3, -0.25) is 0 Å². The second-order valence-electron chi connectivity index (χ2n) is 2.87. The molecule has 1 aromatic carbocycles. The van der Waals surface area contributed by atoms with Gasteiger partial charge in [-0.1, -0.05) is 29.3 Å². The van der Waals surface area contributed by atoms with Gasteiger partial charge >= 0.3 is 0 Å². The van der Waals surface area contributed by atoms with E-state index in [4.69, 9.17) is 28.5 Å². The molecular weight excluding hydrogens is 205 g/mol. The lowest BCUT2D eigenvalue weighted by Gasteiger charge is -2.04. The van der Waals surface area contributed by atoms with Gasteiger partial charge in [0.15, 0.2) is 0 Å². The molecule has 3 heteroatoms. The third kappa shape index (κ3) is 2.62. The van der Waals surface area contributed by atoms with Crippen LogP contribution in [0.2, 0.25) is 10.0 Å². The molecule has 1 nitrogen and oxygen atoms in total. The maximum atomic E-state index is 8.41. The van der Waals surface area contributed by atoms with Gasteiger partial charge in [0.2, 0.25) is 0 Å². The van der Waals surface area contributed by atoms with Gasteiger partial charge in [-0.15, -0.1) is 0 Å². The normalized spacial score (nSPS) is 9.69. The Labute approximate surface area is 87.9 Å². The monoisotopic (exact) mass is 213 g/mol. The third-order valence-corrected chi connectivity index (χ3v) is 2.69. The summed E-state index contributed by atoms with van der Waals surface area (Å²) in [6.45, 7) is 1.91. The number of nitriles is 1. The minimum atomic E-state index is 0.511. The first kappa shape index (κ1) is 10.4. The molecular formula is C10H9Cl2N. The van der Waals surface area contributed by atoms with Crippen LogP contribution >= 0.6 is 23.2 Å². The van der Waals surface area contributed by atoms with Crippen molar-refractivity contribution in [1.82, 2.24) is 0 Å². The van der Waals surface area contributed by atoms with Crippen molar-refractivity contribution in [1.29, 1.82) is 5.26 Å². The lowest BCUT2D eigenvalue weighted by Crippen LogP contribution is -1.86. The minimum Gasteiger partial charge on any atom is -0.198 e. The molecule has 0 fully saturated rings. The van der Waals surface area contributed by atoms with E-state index in [9.17, 15) is 0 Å². The van der Waals surface area contributed by atoms with Gasteiger partial charge in [-0.25, -0.2) is 0 Å². The van der Waals surface area contributed by atoms with E-state index in [1.807, 2.05) is 19.1 Å². The Morgan fingerprint density at radius 2 is 2.08 bits per heavy atom. The third-order valence-electron chi connectivity index (χ3n) is 1.80. The zero-order valence-corrected chi connectivity index (χ0v) is 8.78. The lowest BCUT2D eigenvalue weighted by atomic mass is 10.1. The molecule has 0 aromatic heterocycles. The van der Waals surface area contributed by atoms with E-state index in [0.29, 0.717) is 16.5 Å². The number of nitrogens with zero attached hydrogens (tertiary/aromatic N) is 1. The van der Waals surface area contributed by atoms with Gasteiger partial charge in [-0.2, -0.15) is 5.26 Å². The largest absolute Gasteiger partial charge is 0.198 e. The Hall–Kier alpha value is -0.710. The zero-order chi connectivity index (χ0) is 9.84. The lowest BCUT2D eigenvalue weighted by molar-refractivity contribution is 1.01. The number of rotatable bonds is 2. The molecule has 0 spiro atoms. The number of halogens is 2. The van der Waals surface area contributed by atoms with E-state index >= 15 is 0 Å².